The molecule has 0 bridgehead atoms. The first kappa shape index (κ1) is 20.3. The Morgan fingerprint density at radius 3 is 2.27 bits per heavy atom. The molecule has 0 amide bonds. The second-order valence-corrected chi connectivity index (χ2v) is 17.7. The van der Waals surface area contributed by atoms with Gasteiger partial charge in [-0.15, -0.1) is 0 Å². The van der Waals surface area contributed by atoms with E-state index in [1.165, 1.54) is 0 Å². The van der Waals surface area contributed by atoms with Crippen molar-refractivity contribution in [1.29, 1.82) is 0 Å². The van der Waals surface area contributed by atoms with Gasteiger partial charge in [-0.25, -0.2) is 0 Å². The van der Waals surface area contributed by atoms with Gasteiger partial charge in [-0.05, 0) is 0 Å². The van der Waals surface area contributed by atoms with E-state index in [9.17, 15) is 23.7 Å². The summed E-state index contributed by atoms with van der Waals surface area (Å²) in [4.78, 5) is 0. The van der Waals surface area contributed by atoms with Gasteiger partial charge in [-0.3, -0.25) is 0 Å². The van der Waals surface area contributed by atoms with Crippen molar-refractivity contribution >= 4 is 24.0 Å². The minimum absolute atomic E-state index is 0.383. The second-order valence-electron chi connectivity index (χ2n) is 6.20. The van der Waals surface area contributed by atoms with E-state index in [1.807, 2.05) is 0 Å². The van der Waals surface area contributed by atoms with E-state index in [0.717, 1.165) is 0 Å². The first-order valence-electron chi connectivity index (χ1n) is 6.62. The monoisotopic (exact) mass is 407 g/mol. The third-order valence-corrected chi connectivity index (χ3v) is 6.40. The summed E-state index contributed by atoms with van der Waals surface area (Å²) in [5.74, 6) is 0. The van der Waals surface area contributed by atoms with Gasteiger partial charge in [0.05, 0.1) is 0 Å². The molecule has 11 heteroatoms. The van der Waals surface area contributed by atoms with Gasteiger partial charge in [0.1, 0.15) is 0 Å². The van der Waals surface area contributed by atoms with Crippen LogP contribution < -0.4 is 0 Å². The molecule has 5 unspecified atom stereocenters. The Morgan fingerprint density at radius 2 is 1.77 bits per heavy atom. The van der Waals surface area contributed by atoms with Crippen molar-refractivity contribution in [2.75, 3.05) is 13.2 Å². The maximum absolute atomic E-state index is 10.4. The van der Waals surface area contributed by atoms with Gasteiger partial charge in [0.15, 0.2) is 0 Å². The van der Waals surface area contributed by atoms with E-state index in [0.29, 0.717) is 5.21 Å². The third-order valence-electron chi connectivity index (χ3n) is 2.91. The average Bonchev–Trinajstić information content (AvgIpc) is 2.59. The molecule has 4 N–H and O–H groups in total. The Hall–Kier alpha value is 0.228. The van der Waals surface area contributed by atoms with Gasteiger partial charge in [-0.2, -0.15) is 0 Å². The topological polar surface area (TPSA) is 143 Å². The summed E-state index contributed by atoms with van der Waals surface area (Å²) in [6, 6.07) is 0. The van der Waals surface area contributed by atoms with Crippen LogP contribution in [0.1, 0.15) is 0 Å². The number of rotatable bonds is 8. The molecule has 0 aromatic heterocycles. The molecule has 5 atom stereocenters. The number of hydrogen-bond acceptors (Lipinski definition) is 8. The van der Waals surface area contributed by atoms with Crippen LogP contribution in [0.5, 0.6) is 0 Å². The summed E-state index contributed by atoms with van der Waals surface area (Å²) in [5.41, 5.74) is 6.39. The molecule has 0 aromatic carbocycles. The van der Waals surface area contributed by atoms with Crippen molar-refractivity contribution < 1.29 is 41.9 Å². The van der Waals surface area contributed by atoms with Crippen LogP contribution in [0.25, 0.3) is 0 Å². The minimum atomic E-state index is -4.64. The Labute approximate surface area is 132 Å². The molecule has 22 heavy (non-hydrogen) atoms. The molecule has 132 valence electrons. The molecule has 1 saturated heterocycles. The molecule has 0 spiro atoms. The van der Waals surface area contributed by atoms with E-state index in [-0.39, 0.29) is 6.61 Å². The molecule has 1 aliphatic rings. The first-order valence-corrected chi connectivity index (χ1v) is 14.9. The van der Waals surface area contributed by atoms with Crippen LogP contribution in [0.2, 0.25) is 22.3 Å². The van der Waals surface area contributed by atoms with Crippen molar-refractivity contribution in [3.8, 4) is 0 Å². The molecule has 1 fully saturated rings. The molecule has 0 aliphatic carbocycles. The number of aliphatic hydroxyl groups is 3. The first-order chi connectivity index (χ1) is 9.89. The quantitative estimate of drug-likeness (QED) is 0.293. The molecule has 1 rings (SSSR count). The van der Waals surface area contributed by atoms with E-state index in [2.05, 4.69) is 21.3 Å². The van der Waals surface area contributed by atoms with E-state index in [1.54, 1.807) is 0 Å². The summed E-state index contributed by atoms with van der Waals surface area (Å²) in [6.07, 6.45) is -5.30. The van der Waals surface area contributed by atoms with Crippen molar-refractivity contribution in [2.45, 2.75) is 53.0 Å². The zero-order valence-corrected chi connectivity index (χ0v) is 15.4. The van der Waals surface area contributed by atoms with Gasteiger partial charge >= 0.3 is 132 Å². The van der Waals surface area contributed by atoms with Crippen molar-refractivity contribution in [3.63, 3.8) is 0 Å². The molecule has 1 heterocycles. The number of hydrogen-bond donors (Lipinski definition) is 4. The molecular weight excluding hydrogens is 383 g/mol. The maximum atomic E-state index is 10.4. The molecule has 9 nitrogen and oxygen atoms in total. The van der Waals surface area contributed by atoms with Crippen molar-refractivity contribution in [3.05, 3.63) is 0 Å². The number of aliphatic hydroxyl groups excluding tert-OH is 3. The van der Waals surface area contributed by atoms with Crippen LogP contribution in [0.15, 0.2) is 0 Å². The Balaban J connectivity index is 2.43. The third kappa shape index (κ3) is 7.20. The normalized spacial score (nSPS) is 31.4. The predicted octanol–water partition coefficient (Wildman–Crippen LogP) is -1.03. The van der Waals surface area contributed by atoms with Crippen LogP contribution in [0.4, 0.5) is 0 Å². The fraction of sp³-hybridized carbons (Fsp3) is 1.00. The standard InChI is InChI=1S/C11H23AsO9S/c1-12(2,3)4-8-9(14)10(15)11(21-8)19-5-7(13)6-20-22(16,17)18/h7-11,13-15H,4-6H2,1-3H3/p+1. The van der Waals surface area contributed by atoms with Gasteiger partial charge in [0.25, 0.3) is 0 Å². The molecular formula is C11H24AsO9S+. The van der Waals surface area contributed by atoms with Crippen LogP contribution >= 0.6 is 0 Å². The Kier molecular flexibility index (Phi) is 7.25. The van der Waals surface area contributed by atoms with E-state index in [4.69, 9.17) is 14.0 Å². The summed E-state index contributed by atoms with van der Waals surface area (Å²) in [6.45, 7) is -1.07. The summed E-state index contributed by atoms with van der Waals surface area (Å²) in [5, 5.41) is 29.9. The van der Waals surface area contributed by atoms with Crippen molar-refractivity contribution in [1.82, 2.24) is 0 Å². The fourth-order valence-corrected chi connectivity index (χ4v) is 5.19. The predicted molar refractivity (Wildman–Crippen MR) is 78.3 cm³/mol. The van der Waals surface area contributed by atoms with E-state index < -0.39 is 61.3 Å². The van der Waals surface area contributed by atoms with E-state index >= 15 is 0 Å². The van der Waals surface area contributed by atoms with Gasteiger partial charge in [0.2, 0.25) is 0 Å². The summed E-state index contributed by atoms with van der Waals surface area (Å²) >= 11 is -1.85. The average molecular weight is 407 g/mol. The Bertz CT molecular complexity index is 449. The van der Waals surface area contributed by atoms with Gasteiger partial charge < -0.3 is 0 Å². The second kappa shape index (κ2) is 7.87. The molecule has 0 radical (unpaired) electrons. The van der Waals surface area contributed by atoms with Crippen LogP contribution in [-0.4, -0.2) is 85.8 Å². The summed E-state index contributed by atoms with van der Waals surface area (Å²) in [7, 11) is -4.64. The fourth-order valence-electron chi connectivity index (χ4n) is 1.96. The Morgan fingerprint density at radius 1 is 1.18 bits per heavy atom. The molecule has 1 aliphatic heterocycles. The summed E-state index contributed by atoms with van der Waals surface area (Å²) < 4.78 is 43.7. The number of ether oxygens (including phenoxy) is 2. The van der Waals surface area contributed by atoms with Gasteiger partial charge in [-0.1, -0.05) is 0 Å². The van der Waals surface area contributed by atoms with Gasteiger partial charge in [0, 0.05) is 0 Å². The molecule has 0 aromatic rings. The zero-order chi connectivity index (χ0) is 17.1. The zero-order valence-electron chi connectivity index (χ0n) is 12.7. The van der Waals surface area contributed by atoms with Crippen molar-refractivity contribution in [2.24, 2.45) is 0 Å². The van der Waals surface area contributed by atoms with Crippen LogP contribution in [0.3, 0.4) is 0 Å². The van der Waals surface area contributed by atoms with Crippen LogP contribution in [-0.2, 0) is 24.1 Å². The SMILES string of the molecule is C[As+](C)(C)CC1OC(OCC(O)COS(=O)(=O)O)C(O)C1O. The van der Waals surface area contributed by atoms with Crippen LogP contribution in [0, 0.1) is 0 Å². The molecule has 0 saturated carbocycles.